The van der Waals surface area contributed by atoms with Gasteiger partial charge in [0.2, 0.25) is 6.79 Å². The number of rotatable bonds is 6. The largest absolute Gasteiger partial charge is 0.454 e. The molecule has 1 amide bonds. The lowest BCUT2D eigenvalue weighted by Crippen LogP contribution is -2.31. The summed E-state index contributed by atoms with van der Waals surface area (Å²) in [5, 5.41) is 3.06. The van der Waals surface area contributed by atoms with Crippen LogP contribution in [0.5, 0.6) is 11.5 Å². The van der Waals surface area contributed by atoms with Gasteiger partial charge in [-0.15, -0.1) is 0 Å². The number of para-hydroxylation sites is 1. The second kappa shape index (κ2) is 8.01. The lowest BCUT2D eigenvalue weighted by molar-refractivity contribution is -0.149. The number of fused-ring (bicyclic) bond motifs is 2. The number of ether oxygens (including phenoxy) is 3. The van der Waals surface area contributed by atoms with Crippen LogP contribution < -0.4 is 20.3 Å². The van der Waals surface area contributed by atoms with Gasteiger partial charge in [-0.3, -0.25) is 19.0 Å². The highest BCUT2D eigenvalue weighted by Gasteiger charge is 2.14. The predicted molar refractivity (Wildman–Crippen MR) is 101 cm³/mol. The lowest BCUT2D eigenvalue weighted by atomic mass is 10.2. The van der Waals surface area contributed by atoms with Crippen LogP contribution in [0.4, 0.5) is 0 Å². The molecule has 0 fully saturated rings. The van der Waals surface area contributed by atoms with Gasteiger partial charge in [0.25, 0.3) is 11.5 Å². The van der Waals surface area contributed by atoms with Crippen LogP contribution >= 0.6 is 0 Å². The topological polar surface area (TPSA) is 109 Å². The fourth-order valence-corrected chi connectivity index (χ4v) is 2.85. The van der Waals surface area contributed by atoms with Crippen molar-refractivity contribution in [2.75, 3.05) is 13.4 Å². The molecule has 0 saturated heterocycles. The molecule has 1 aromatic heterocycles. The molecule has 9 nitrogen and oxygen atoms in total. The third-order valence-corrected chi connectivity index (χ3v) is 4.32. The van der Waals surface area contributed by atoms with Crippen molar-refractivity contribution in [1.29, 1.82) is 0 Å². The molecule has 0 spiro atoms. The number of nitrogens with one attached hydrogen (secondary N) is 1. The first-order chi connectivity index (χ1) is 14.1. The predicted octanol–water partition coefficient (Wildman–Crippen LogP) is 0.985. The molecule has 29 heavy (non-hydrogen) atoms. The molecule has 0 saturated carbocycles. The summed E-state index contributed by atoms with van der Waals surface area (Å²) in [6.07, 6.45) is 1.28. The highest BCUT2D eigenvalue weighted by atomic mass is 16.7. The molecule has 1 aliphatic rings. The summed E-state index contributed by atoms with van der Waals surface area (Å²) in [5.41, 5.74) is 1.02. The Morgan fingerprint density at radius 3 is 2.86 bits per heavy atom. The van der Waals surface area contributed by atoms with E-state index in [4.69, 9.17) is 14.2 Å². The summed E-state index contributed by atoms with van der Waals surface area (Å²) in [6, 6.07) is 12.2. The summed E-state index contributed by atoms with van der Waals surface area (Å²) in [6.45, 7) is -0.344. The van der Waals surface area contributed by atoms with Gasteiger partial charge in [-0.2, -0.15) is 0 Å². The maximum atomic E-state index is 12.4. The van der Waals surface area contributed by atoms with E-state index in [2.05, 4.69) is 10.3 Å². The number of carbonyl (C=O) groups is 2. The van der Waals surface area contributed by atoms with Gasteiger partial charge in [0.1, 0.15) is 6.54 Å². The van der Waals surface area contributed by atoms with E-state index >= 15 is 0 Å². The van der Waals surface area contributed by atoms with E-state index in [9.17, 15) is 14.4 Å². The van der Waals surface area contributed by atoms with Crippen LogP contribution in [0.15, 0.2) is 53.6 Å². The minimum absolute atomic E-state index is 0.177. The van der Waals surface area contributed by atoms with E-state index < -0.39 is 18.5 Å². The molecule has 0 bridgehead atoms. The molecule has 2 aromatic carbocycles. The van der Waals surface area contributed by atoms with Crippen LogP contribution in [0, 0.1) is 0 Å². The van der Waals surface area contributed by atoms with Crippen molar-refractivity contribution in [3.63, 3.8) is 0 Å². The Morgan fingerprint density at radius 1 is 1.14 bits per heavy atom. The van der Waals surface area contributed by atoms with Gasteiger partial charge >= 0.3 is 5.97 Å². The highest BCUT2D eigenvalue weighted by Crippen LogP contribution is 2.32. The van der Waals surface area contributed by atoms with Crippen molar-refractivity contribution in [3.05, 3.63) is 64.7 Å². The summed E-state index contributed by atoms with van der Waals surface area (Å²) in [7, 11) is 0. The molecule has 148 valence electrons. The Hall–Kier alpha value is -3.88. The Balaban J connectivity index is 1.28. The molecule has 0 atom stereocenters. The number of benzene rings is 2. The number of carbonyl (C=O) groups excluding carboxylic acids is 2. The number of aromatic nitrogens is 2. The molecule has 4 rings (SSSR count). The summed E-state index contributed by atoms with van der Waals surface area (Å²) in [5.74, 6) is 0.118. The SMILES string of the molecule is O=C(COC(=O)Cn1cnc2ccccc2c1=O)NCc1ccc2c(c1)OCO2. The third-order valence-electron chi connectivity index (χ3n) is 4.32. The first-order valence-corrected chi connectivity index (χ1v) is 8.85. The Kier molecular flexibility index (Phi) is 5.10. The van der Waals surface area contributed by atoms with E-state index in [0.29, 0.717) is 22.4 Å². The second-order valence-corrected chi connectivity index (χ2v) is 6.32. The van der Waals surface area contributed by atoms with E-state index in [1.807, 2.05) is 0 Å². The number of hydrogen-bond acceptors (Lipinski definition) is 7. The molecule has 9 heteroatoms. The number of hydrogen-bond donors (Lipinski definition) is 1. The van der Waals surface area contributed by atoms with Gasteiger partial charge in [0.05, 0.1) is 17.2 Å². The van der Waals surface area contributed by atoms with E-state index in [1.165, 1.54) is 6.33 Å². The Morgan fingerprint density at radius 2 is 1.97 bits per heavy atom. The van der Waals surface area contributed by atoms with Gasteiger partial charge in [-0.1, -0.05) is 18.2 Å². The van der Waals surface area contributed by atoms with Crippen molar-refractivity contribution in [3.8, 4) is 11.5 Å². The zero-order valence-corrected chi connectivity index (χ0v) is 15.3. The monoisotopic (exact) mass is 395 g/mol. The molecule has 0 unspecified atom stereocenters. The fourth-order valence-electron chi connectivity index (χ4n) is 2.85. The van der Waals surface area contributed by atoms with Crippen molar-refractivity contribution in [2.24, 2.45) is 0 Å². The van der Waals surface area contributed by atoms with Crippen LogP contribution in [-0.2, 0) is 27.4 Å². The Labute approximate surface area is 164 Å². The van der Waals surface area contributed by atoms with E-state index in [1.54, 1.807) is 42.5 Å². The Bertz CT molecular complexity index is 1140. The smallest absolute Gasteiger partial charge is 0.326 e. The number of amides is 1. The summed E-state index contributed by atoms with van der Waals surface area (Å²) < 4.78 is 16.6. The molecular weight excluding hydrogens is 378 g/mol. The van der Waals surface area contributed by atoms with E-state index in [-0.39, 0.29) is 25.4 Å². The third kappa shape index (κ3) is 4.18. The molecular formula is C20H17N3O6. The number of nitrogens with zero attached hydrogens (tertiary/aromatic N) is 2. The van der Waals surface area contributed by atoms with Crippen LogP contribution in [0.25, 0.3) is 10.9 Å². The van der Waals surface area contributed by atoms with Gasteiger partial charge in [0.15, 0.2) is 18.1 Å². The average molecular weight is 395 g/mol. The second-order valence-electron chi connectivity index (χ2n) is 6.32. The van der Waals surface area contributed by atoms with Gasteiger partial charge < -0.3 is 19.5 Å². The summed E-state index contributed by atoms with van der Waals surface area (Å²) in [4.78, 5) is 40.4. The van der Waals surface area contributed by atoms with Gasteiger partial charge in [0, 0.05) is 6.54 Å². The van der Waals surface area contributed by atoms with Crippen LogP contribution in [-0.4, -0.2) is 34.8 Å². The molecule has 0 aliphatic carbocycles. The van der Waals surface area contributed by atoms with Crippen molar-refractivity contribution in [2.45, 2.75) is 13.1 Å². The zero-order chi connectivity index (χ0) is 20.2. The van der Waals surface area contributed by atoms with Crippen molar-refractivity contribution in [1.82, 2.24) is 14.9 Å². The van der Waals surface area contributed by atoms with Crippen molar-refractivity contribution < 1.29 is 23.8 Å². The van der Waals surface area contributed by atoms with Crippen LogP contribution in [0.3, 0.4) is 0 Å². The zero-order valence-electron chi connectivity index (χ0n) is 15.3. The maximum Gasteiger partial charge on any atom is 0.326 e. The highest BCUT2D eigenvalue weighted by molar-refractivity contribution is 5.81. The summed E-state index contributed by atoms with van der Waals surface area (Å²) >= 11 is 0. The molecule has 3 aromatic rings. The van der Waals surface area contributed by atoms with E-state index in [0.717, 1.165) is 10.1 Å². The van der Waals surface area contributed by atoms with Crippen LogP contribution in [0.2, 0.25) is 0 Å². The minimum atomic E-state index is -0.706. The lowest BCUT2D eigenvalue weighted by Gasteiger charge is -2.09. The molecule has 1 aliphatic heterocycles. The number of esters is 1. The molecule has 2 heterocycles. The molecule has 0 radical (unpaired) electrons. The van der Waals surface area contributed by atoms with Crippen molar-refractivity contribution >= 4 is 22.8 Å². The standard InChI is InChI=1S/C20H17N3O6/c24-18(21-8-13-5-6-16-17(7-13)29-12-28-16)10-27-19(25)9-23-11-22-15-4-2-1-3-14(15)20(23)26/h1-7,11H,8-10,12H2,(H,21,24). The normalized spacial score (nSPS) is 12.0. The van der Waals surface area contributed by atoms with Gasteiger partial charge in [-0.05, 0) is 29.8 Å². The quantitative estimate of drug-likeness (QED) is 0.620. The first-order valence-electron chi connectivity index (χ1n) is 8.85. The minimum Gasteiger partial charge on any atom is -0.454 e. The average Bonchev–Trinajstić information content (AvgIpc) is 3.21. The van der Waals surface area contributed by atoms with Crippen LogP contribution in [0.1, 0.15) is 5.56 Å². The first kappa shape index (κ1) is 18.5. The van der Waals surface area contributed by atoms with Gasteiger partial charge in [-0.25, -0.2) is 4.98 Å². The maximum absolute atomic E-state index is 12.4. The fraction of sp³-hybridized carbons (Fsp3) is 0.200. The molecule has 1 N–H and O–H groups in total.